The second kappa shape index (κ2) is 7.01. The standard InChI is InChI=1S/C16H16Cl2N2O3S/c1-11(21)19(2)12-4-6-13(7-5-12)20(3)24(22,23)14-8-9-15(17)16(18)10-14/h4-10H,1-3H3. The molecule has 8 heteroatoms. The minimum Gasteiger partial charge on any atom is -0.316 e. The molecule has 0 aliphatic heterocycles. The van der Waals surface area contributed by atoms with Crippen LogP contribution in [0.3, 0.4) is 0 Å². The normalized spacial score (nSPS) is 11.2. The first-order valence-electron chi connectivity index (χ1n) is 6.93. The van der Waals surface area contributed by atoms with Crippen molar-refractivity contribution in [3.05, 3.63) is 52.5 Å². The van der Waals surface area contributed by atoms with E-state index >= 15 is 0 Å². The van der Waals surface area contributed by atoms with Gasteiger partial charge in [-0.05, 0) is 42.5 Å². The maximum absolute atomic E-state index is 12.7. The molecule has 1 amide bonds. The lowest BCUT2D eigenvalue weighted by Crippen LogP contribution is -2.27. The van der Waals surface area contributed by atoms with Gasteiger partial charge < -0.3 is 4.90 Å². The van der Waals surface area contributed by atoms with E-state index in [1.807, 2.05) is 0 Å². The number of sulfonamides is 1. The highest BCUT2D eigenvalue weighted by Crippen LogP contribution is 2.29. The highest BCUT2D eigenvalue weighted by molar-refractivity contribution is 7.92. The Morgan fingerprint density at radius 2 is 1.46 bits per heavy atom. The Kier molecular flexibility index (Phi) is 5.42. The molecular formula is C16H16Cl2N2O3S. The first-order chi connectivity index (χ1) is 11.1. The predicted octanol–water partition coefficient (Wildman–Crippen LogP) is 3.80. The molecule has 2 aromatic rings. The highest BCUT2D eigenvalue weighted by Gasteiger charge is 2.22. The Bertz CT molecular complexity index is 867. The first-order valence-corrected chi connectivity index (χ1v) is 9.12. The van der Waals surface area contributed by atoms with Gasteiger partial charge in [-0.1, -0.05) is 23.2 Å². The van der Waals surface area contributed by atoms with E-state index in [0.717, 1.165) is 4.31 Å². The molecule has 0 saturated heterocycles. The fraction of sp³-hybridized carbons (Fsp3) is 0.188. The fourth-order valence-electron chi connectivity index (χ4n) is 2.00. The van der Waals surface area contributed by atoms with Crippen molar-refractivity contribution in [1.29, 1.82) is 0 Å². The summed E-state index contributed by atoms with van der Waals surface area (Å²) in [5, 5.41) is 0.458. The molecule has 2 aromatic carbocycles. The number of benzene rings is 2. The first kappa shape index (κ1) is 18.6. The zero-order valence-corrected chi connectivity index (χ0v) is 15.7. The summed E-state index contributed by atoms with van der Waals surface area (Å²) in [6.07, 6.45) is 0. The van der Waals surface area contributed by atoms with E-state index in [0.29, 0.717) is 11.4 Å². The van der Waals surface area contributed by atoms with Crippen LogP contribution >= 0.6 is 23.2 Å². The maximum Gasteiger partial charge on any atom is 0.264 e. The third kappa shape index (κ3) is 3.66. The molecule has 24 heavy (non-hydrogen) atoms. The van der Waals surface area contributed by atoms with E-state index in [-0.39, 0.29) is 20.8 Å². The lowest BCUT2D eigenvalue weighted by atomic mass is 10.2. The molecule has 0 aliphatic rings. The minimum atomic E-state index is -3.77. The Labute approximate surface area is 151 Å². The maximum atomic E-state index is 12.7. The smallest absolute Gasteiger partial charge is 0.264 e. The number of halogens is 2. The lowest BCUT2D eigenvalue weighted by molar-refractivity contribution is -0.116. The van der Waals surface area contributed by atoms with Crippen LogP contribution < -0.4 is 9.21 Å². The molecule has 0 saturated carbocycles. The van der Waals surface area contributed by atoms with E-state index in [1.165, 1.54) is 37.1 Å². The second-order valence-electron chi connectivity index (χ2n) is 5.14. The van der Waals surface area contributed by atoms with E-state index in [9.17, 15) is 13.2 Å². The van der Waals surface area contributed by atoms with Gasteiger partial charge in [0.25, 0.3) is 10.0 Å². The van der Waals surface area contributed by atoms with E-state index < -0.39 is 10.0 Å². The zero-order valence-electron chi connectivity index (χ0n) is 13.3. The van der Waals surface area contributed by atoms with Crippen LogP contribution in [0.4, 0.5) is 11.4 Å². The topological polar surface area (TPSA) is 57.7 Å². The van der Waals surface area contributed by atoms with Gasteiger partial charge in [0.1, 0.15) is 0 Å². The molecule has 0 atom stereocenters. The van der Waals surface area contributed by atoms with Crippen LogP contribution in [0, 0.1) is 0 Å². The van der Waals surface area contributed by atoms with Crippen LogP contribution in [0.5, 0.6) is 0 Å². The Hall–Kier alpha value is -1.76. The Morgan fingerprint density at radius 1 is 0.917 bits per heavy atom. The van der Waals surface area contributed by atoms with E-state index in [4.69, 9.17) is 23.2 Å². The van der Waals surface area contributed by atoms with Crippen molar-refractivity contribution in [2.24, 2.45) is 0 Å². The van der Waals surface area contributed by atoms with Crippen LogP contribution in [-0.4, -0.2) is 28.4 Å². The molecule has 0 aliphatic carbocycles. The fourth-order valence-corrected chi connectivity index (χ4v) is 3.59. The van der Waals surface area contributed by atoms with E-state index in [1.54, 1.807) is 31.3 Å². The number of amides is 1. The third-order valence-corrected chi connectivity index (χ3v) is 6.14. The van der Waals surface area contributed by atoms with Crippen molar-refractivity contribution in [3.63, 3.8) is 0 Å². The predicted molar refractivity (Wildman–Crippen MR) is 97.6 cm³/mol. The van der Waals surface area contributed by atoms with Gasteiger partial charge in [0.2, 0.25) is 5.91 Å². The van der Waals surface area contributed by atoms with Crippen LogP contribution in [-0.2, 0) is 14.8 Å². The number of nitrogens with zero attached hydrogens (tertiary/aromatic N) is 2. The van der Waals surface area contributed by atoms with Crippen LogP contribution in [0.25, 0.3) is 0 Å². The van der Waals surface area contributed by atoms with Gasteiger partial charge in [-0.25, -0.2) is 8.42 Å². The molecule has 0 heterocycles. The average Bonchev–Trinajstić information content (AvgIpc) is 2.55. The molecule has 0 unspecified atom stereocenters. The summed E-state index contributed by atoms with van der Waals surface area (Å²) in [5.74, 6) is -0.112. The molecule has 0 N–H and O–H groups in total. The highest BCUT2D eigenvalue weighted by atomic mass is 35.5. The summed E-state index contributed by atoms with van der Waals surface area (Å²) in [6.45, 7) is 1.45. The molecule has 2 rings (SSSR count). The SMILES string of the molecule is CC(=O)N(C)c1ccc(N(C)S(=O)(=O)c2ccc(Cl)c(Cl)c2)cc1. The zero-order chi connectivity index (χ0) is 18.1. The summed E-state index contributed by atoms with van der Waals surface area (Å²) in [7, 11) is -0.679. The quantitative estimate of drug-likeness (QED) is 0.802. The molecule has 0 radical (unpaired) electrons. The van der Waals surface area contributed by atoms with Gasteiger partial charge in [-0.3, -0.25) is 9.10 Å². The van der Waals surface area contributed by atoms with Crippen LogP contribution in [0.1, 0.15) is 6.92 Å². The summed E-state index contributed by atoms with van der Waals surface area (Å²) >= 11 is 11.7. The third-order valence-electron chi connectivity index (χ3n) is 3.62. The average molecular weight is 387 g/mol. The van der Waals surface area contributed by atoms with Crippen molar-refractivity contribution < 1.29 is 13.2 Å². The van der Waals surface area contributed by atoms with Gasteiger partial charge in [-0.2, -0.15) is 0 Å². The summed E-state index contributed by atoms with van der Waals surface area (Å²) in [6, 6.07) is 10.8. The number of anilines is 2. The minimum absolute atomic E-state index is 0.0457. The van der Waals surface area contributed by atoms with E-state index in [2.05, 4.69) is 0 Å². The van der Waals surface area contributed by atoms with Crippen molar-refractivity contribution >= 4 is 50.5 Å². The van der Waals surface area contributed by atoms with Crippen molar-refractivity contribution in [2.45, 2.75) is 11.8 Å². The number of hydrogen-bond acceptors (Lipinski definition) is 3. The number of hydrogen-bond donors (Lipinski definition) is 0. The number of rotatable bonds is 4. The molecule has 0 bridgehead atoms. The monoisotopic (exact) mass is 386 g/mol. The second-order valence-corrected chi connectivity index (χ2v) is 7.93. The van der Waals surface area contributed by atoms with Gasteiger partial charge in [0, 0.05) is 26.7 Å². The van der Waals surface area contributed by atoms with Gasteiger partial charge in [0.15, 0.2) is 0 Å². The molecule has 128 valence electrons. The Morgan fingerprint density at radius 3 is 1.96 bits per heavy atom. The molecule has 0 fully saturated rings. The largest absolute Gasteiger partial charge is 0.316 e. The lowest BCUT2D eigenvalue weighted by Gasteiger charge is -2.21. The number of carbonyl (C=O) groups excluding carboxylic acids is 1. The number of carbonyl (C=O) groups is 1. The van der Waals surface area contributed by atoms with Gasteiger partial charge in [-0.15, -0.1) is 0 Å². The molecule has 0 aromatic heterocycles. The Balaban J connectivity index is 2.34. The van der Waals surface area contributed by atoms with Gasteiger partial charge in [0.05, 0.1) is 20.6 Å². The molecule has 0 spiro atoms. The molecular weight excluding hydrogens is 371 g/mol. The summed E-state index contributed by atoms with van der Waals surface area (Å²) < 4.78 is 26.5. The summed E-state index contributed by atoms with van der Waals surface area (Å²) in [5.41, 5.74) is 1.13. The van der Waals surface area contributed by atoms with Gasteiger partial charge >= 0.3 is 0 Å². The molecule has 5 nitrogen and oxygen atoms in total. The van der Waals surface area contributed by atoms with Crippen LogP contribution in [0.2, 0.25) is 10.0 Å². The van der Waals surface area contributed by atoms with Crippen molar-refractivity contribution in [2.75, 3.05) is 23.3 Å². The van der Waals surface area contributed by atoms with Crippen molar-refractivity contribution in [3.8, 4) is 0 Å². The summed E-state index contributed by atoms with van der Waals surface area (Å²) in [4.78, 5) is 12.9. The van der Waals surface area contributed by atoms with Crippen molar-refractivity contribution in [1.82, 2.24) is 0 Å². The van der Waals surface area contributed by atoms with Crippen LogP contribution in [0.15, 0.2) is 47.4 Å².